The van der Waals surface area contributed by atoms with Crippen LogP contribution in [0.3, 0.4) is 0 Å². The molecular weight excluding hydrogens is 316 g/mol. The molecule has 120 valence electrons. The third kappa shape index (κ3) is 3.33. The molecule has 0 radical (unpaired) electrons. The first-order valence-corrected chi connectivity index (χ1v) is 10.5. The molecule has 22 heavy (non-hydrogen) atoms. The maximum absolute atomic E-state index is 11.7. The smallest absolute Gasteiger partial charge is 0.164 e. The van der Waals surface area contributed by atoms with E-state index in [1.54, 1.807) is 11.8 Å². The minimum Gasteiger partial charge on any atom is -0.321 e. The Labute approximate surface area is 136 Å². The van der Waals surface area contributed by atoms with Crippen LogP contribution in [-0.2, 0) is 9.84 Å². The van der Waals surface area contributed by atoms with Gasteiger partial charge >= 0.3 is 0 Å². The summed E-state index contributed by atoms with van der Waals surface area (Å²) in [6.45, 7) is 5.20. The molecule has 0 bridgehead atoms. The number of nitrogens with zero attached hydrogens (tertiary/aromatic N) is 2. The number of hydrogen-bond donors (Lipinski definition) is 0. The molecule has 2 aliphatic heterocycles. The Balaban J connectivity index is 1.85. The van der Waals surface area contributed by atoms with Crippen molar-refractivity contribution in [2.45, 2.75) is 38.0 Å². The minimum atomic E-state index is -2.89. The summed E-state index contributed by atoms with van der Waals surface area (Å²) in [5.41, 5.74) is 2.38. The van der Waals surface area contributed by atoms with E-state index >= 15 is 0 Å². The maximum Gasteiger partial charge on any atom is 0.164 e. The van der Waals surface area contributed by atoms with Crippen molar-refractivity contribution in [3.63, 3.8) is 0 Å². The Hall–Kier alpha value is -1.01. The molecule has 1 aromatic carbocycles. The van der Waals surface area contributed by atoms with E-state index in [0.29, 0.717) is 0 Å². The average molecular weight is 338 g/mol. The number of benzene rings is 1. The first-order valence-electron chi connectivity index (χ1n) is 7.77. The minimum absolute atomic E-state index is 0.0565. The Morgan fingerprint density at radius 2 is 2.18 bits per heavy atom. The lowest BCUT2D eigenvalue weighted by Gasteiger charge is -2.24. The Morgan fingerprint density at radius 1 is 1.36 bits per heavy atom. The van der Waals surface area contributed by atoms with Gasteiger partial charge in [-0.15, -0.1) is 0 Å². The van der Waals surface area contributed by atoms with Gasteiger partial charge in [-0.25, -0.2) is 8.42 Å². The van der Waals surface area contributed by atoms with Crippen LogP contribution in [0.1, 0.15) is 25.3 Å². The number of amidine groups is 1. The zero-order chi connectivity index (χ0) is 15.7. The van der Waals surface area contributed by atoms with E-state index in [1.807, 2.05) is 0 Å². The van der Waals surface area contributed by atoms with Crippen molar-refractivity contribution in [1.82, 2.24) is 0 Å². The lowest BCUT2D eigenvalue weighted by atomic mass is 10.2. The second kappa shape index (κ2) is 6.24. The van der Waals surface area contributed by atoms with Gasteiger partial charge in [0.15, 0.2) is 15.0 Å². The quantitative estimate of drug-likeness (QED) is 0.847. The first kappa shape index (κ1) is 15.9. The molecule has 0 amide bonds. The van der Waals surface area contributed by atoms with Gasteiger partial charge < -0.3 is 4.90 Å². The number of hydrogen-bond acceptors (Lipinski definition) is 5. The van der Waals surface area contributed by atoms with Crippen LogP contribution in [0, 0.1) is 6.92 Å². The van der Waals surface area contributed by atoms with Crippen molar-refractivity contribution < 1.29 is 8.42 Å². The summed E-state index contributed by atoms with van der Waals surface area (Å²) in [6.07, 6.45) is 2.22. The fourth-order valence-corrected chi connectivity index (χ4v) is 6.73. The lowest BCUT2D eigenvalue weighted by molar-refractivity contribution is 0.601. The molecule has 6 heteroatoms. The molecule has 0 spiro atoms. The highest BCUT2D eigenvalue weighted by molar-refractivity contribution is 8.15. The summed E-state index contributed by atoms with van der Waals surface area (Å²) in [6, 6.07) is 8.38. The van der Waals surface area contributed by atoms with Gasteiger partial charge in [0.1, 0.15) is 0 Å². The van der Waals surface area contributed by atoms with Crippen LogP contribution < -0.4 is 4.90 Å². The Bertz CT molecular complexity index is 685. The number of sulfone groups is 1. The standard InChI is InChI=1S/C16H22N2O2S2/c1-3-4-8-18(13-7-5-6-12(2)9-13)16-17-14-10-22(19,20)11-15(14)21-16/h5-7,9,14-15H,3-4,8,10-11H2,1-2H3/t14-,15+/m0/s1. The fraction of sp³-hybridized carbons (Fsp3) is 0.562. The normalized spacial score (nSPS) is 25.8. The topological polar surface area (TPSA) is 49.7 Å². The van der Waals surface area contributed by atoms with Crippen molar-refractivity contribution in [2.24, 2.45) is 4.99 Å². The average Bonchev–Trinajstić information content (AvgIpc) is 2.92. The molecule has 0 saturated carbocycles. The molecule has 2 aliphatic rings. The molecule has 2 heterocycles. The summed E-state index contributed by atoms with van der Waals surface area (Å²) in [5, 5.41) is 1.10. The predicted molar refractivity (Wildman–Crippen MR) is 94.7 cm³/mol. The van der Waals surface area contributed by atoms with E-state index in [0.717, 1.165) is 30.2 Å². The van der Waals surface area contributed by atoms with Crippen molar-refractivity contribution in [3.05, 3.63) is 29.8 Å². The molecular formula is C16H22N2O2S2. The molecule has 0 aromatic heterocycles. The van der Waals surface area contributed by atoms with Crippen LogP contribution in [0.4, 0.5) is 5.69 Å². The third-order valence-corrected chi connectivity index (χ3v) is 7.33. The zero-order valence-corrected chi connectivity index (χ0v) is 14.7. The van der Waals surface area contributed by atoms with E-state index in [-0.39, 0.29) is 22.8 Å². The van der Waals surface area contributed by atoms with E-state index in [1.165, 1.54) is 5.56 Å². The second-order valence-electron chi connectivity index (χ2n) is 6.06. The fourth-order valence-electron chi connectivity index (χ4n) is 2.92. The molecule has 4 nitrogen and oxygen atoms in total. The largest absolute Gasteiger partial charge is 0.321 e. The number of aliphatic imine (C=N–C) groups is 1. The first-order chi connectivity index (χ1) is 10.5. The van der Waals surface area contributed by atoms with Crippen molar-refractivity contribution >= 4 is 32.5 Å². The van der Waals surface area contributed by atoms with E-state index in [4.69, 9.17) is 4.99 Å². The van der Waals surface area contributed by atoms with Gasteiger partial charge in [0.25, 0.3) is 0 Å². The van der Waals surface area contributed by atoms with E-state index in [9.17, 15) is 8.42 Å². The molecule has 1 fully saturated rings. The predicted octanol–water partition coefficient (Wildman–Crippen LogP) is 2.87. The highest BCUT2D eigenvalue weighted by Crippen LogP contribution is 2.37. The van der Waals surface area contributed by atoms with Gasteiger partial charge in [0.05, 0.1) is 17.5 Å². The Kier molecular flexibility index (Phi) is 4.50. The SMILES string of the molecule is CCCCN(C1=N[C@H]2CS(=O)(=O)C[C@H]2S1)c1cccc(C)c1. The van der Waals surface area contributed by atoms with E-state index in [2.05, 4.69) is 43.0 Å². The van der Waals surface area contributed by atoms with Crippen LogP contribution in [0.5, 0.6) is 0 Å². The van der Waals surface area contributed by atoms with Crippen LogP contribution in [0.25, 0.3) is 0 Å². The highest BCUT2D eigenvalue weighted by Gasteiger charge is 2.43. The molecule has 2 atom stereocenters. The maximum atomic E-state index is 11.7. The summed E-state index contributed by atoms with van der Waals surface area (Å²) < 4.78 is 23.4. The number of thioether (sulfide) groups is 1. The second-order valence-corrected chi connectivity index (χ2v) is 9.42. The molecule has 0 N–H and O–H groups in total. The molecule has 0 aliphatic carbocycles. The summed E-state index contributed by atoms with van der Waals surface area (Å²) in [5.74, 6) is 0.481. The van der Waals surface area contributed by atoms with Crippen molar-refractivity contribution in [2.75, 3.05) is 23.0 Å². The lowest BCUT2D eigenvalue weighted by Crippen LogP contribution is -2.29. The molecule has 1 saturated heterocycles. The zero-order valence-electron chi connectivity index (χ0n) is 13.0. The summed E-state index contributed by atoms with van der Waals surface area (Å²) in [4.78, 5) is 6.99. The van der Waals surface area contributed by atoms with Crippen LogP contribution in [-0.4, -0.2) is 42.9 Å². The molecule has 3 rings (SSSR count). The summed E-state index contributed by atoms with van der Waals surface area (Å²) in [7, 11) is -2.89. The summed E-state index contributed by atoms with van der Waals surface area (Å²) >= 11 is 1.64. The van der Waals surface area contributed by atoms with Crippen molar-refractivity contribution in [1.29, 1.82) is 0 Å². The highest BCUT2D eigenvalue weighted by atomic mass is 32.2. The van der Waals surface area contributed by atoms with Gasteiger partial charge in [0, 0.05) is 17.5 Å². The Morgan fingerprint density at radius 3 is 2.86 bits per heavy atom. The van der Waals surface area contributed by atoms with Crippen LogP contribution in [0.15, 0.2) is 29.3 Å². The van der Waals surface area contributed by atoms with Gasteiger partial charge in [-0.3, -0.25) is 4.99 Å². The number of anilines is 1. The number of unbranched alkanes of at least 4 members (excludes halogenated alkanes) is 1. The molecule has 1 aromatic rings. The van der Waals surface area contributed by atoms with Crippen LogP contribution >= 0.6 is 11.8 Å². The van der Waals surface area contributed by atoms with Gasteiger partial charge in [-0.05, 0) is 31.0 Å². The van der Waals surface area contributed by atoms with Gasteiger partial charge in [0.2, 0.25) is 0 Å². The van der Waals surface area contributed by atoms with Crippen molar-refractivity contribution in [3.8, 4) is 0 Å². The third-order valence-electron chi connectivity index (χ3n) is 4.08. The monoisotopic (exact) mass is 338 g/mol. The number of fused-ring (bicyclic) bond motifs is 1. The van der Waals surface area contributed by atoms with E-state index < -0.39 is 9.84 Å². The van der Waals surface area contributed by atoms with Crippen LogP contribution in [0.2, 0.25) is 0 Å². The van der Waals surface area contributed by atoms with Gasteiger partial charge in [-0.1, -0.05) is 37.2 Å². The number of rotatable bonds is 4. The molecule has 0 unspecified atom stereocenters. The van der Waals surface area contributed by atoms with Gasteiger partial charge in [-0.2, -0.15) is 0 Å². The number of aryl methyl sites for hydroxylation is 1.